The number of hydrogen-bond acceptors (Lipinski definition) is 6. The van der Waals surface area contributed by atoms with Crippen molar-refractivity contribution in [3.63, 3.8) is 0 Å². The number of carbonyl (C=O) groups is 2. The van der Waals surface area contributed by atoms with Gasteiger partial charge in [0.15, 0.2) is 5.16 Å². The number of fused-ring (bicyclic) bond motifs is 1. The van der Waals surface area contributed by atoms with E-state index in [2.05, 4.69) is 15.3 Å². The molecule has 0 radical (unpaired) electrons. The Bertz CT molecular complexity index is 1080. The number of aromatic nitrogens is 2. The zero-order valence-electron chi connectivity index (χ0n) is 18.0. The first kappa shape index (κ1) is 21.8. The molecule has 0 fully saturated rings. The van der Waals surface area contributed by atoms with Crippen LogP contribution >= 0.6 is 11.8 Å². The third-order valence-corrected chi connectivity index (χ3v) is 6.19. The van der Waals surface area contributed by atoms with Crippen molar-refractivity contribution in [2.45, 2.75) is 38.1 Å². The van der Waals surface area contributed by atoms with Gasteiger partial charge in [-0.2, -0.15) is 4.98 Å². The fourth-order valence-corrected chi connectivity index (χ4v) is 4.07. The van der Waals surface area contributed by atoms with Gasteiger partial charge in [-0.3, -0.25) is 9.59 Å². The van der Waals surface area contributed by atoms with Crippen LogP contribution < -0.4 is 5.32 Å². The van der Waals surface area contributed by atoms with Crippen molar-refractivity contribution in [2.24, 2.45) is 5.92 Å². The van der Waals surface area contributed by atoms with Crippen LogP contribution in [0.25, 0.3) is 11.1 Å². The molecule has 0 saturated carbocycles. The number of amides is 2. The predicted molar refractivity (Wildman–Crippen MR) is 119 cm³/mol. The summed E-state index contributed by atoms with van der Waals surface area (Å²) >= 11 is 1.28. The van der Waals surface area contributed by atoms with Crippen molar-refractivity contribution in [3.05, 3.63) is 47.2 Å². The van der Waals surface area contributed by atoms with E-state index in [1.807, 2.05) is 33.8 Å². The molecule has 2 aromatic heterocycles. The van der Waals surface area contributed by atoms with Gasteiger partial charge in [-0.1, -0.05) is 43.8 Å². The van der Waals surface area contributed by atoms with Gasteiger partial charge >= 0.3 is 0 Å². The minimum absolute atomic E-state index is 0.0135. The molecule has 8 heteroatoms. The van der Waals surface area contributed by atoms with Crippen LogP contribution in [0, 0.1) is 19.8 Å². The topological polar surface area (TPSA) is 88.3 Å². The Hall–Kier alpha value is -2.87. The third-order valence-electron chi connectivity index (χ3n) is 4.80. The van der Waals surface area contributed by atoms with Crippen molar-refractivity contribution in [3.8, 4) is 0 Å². The second kappa shape index (κ2) is 8.87. The lowest BCUT2D eigenvalue weighted by atomic mass is 10.1. The maximum absolute atomic E-state index is 12.7. The lowest BCUT2D eigenvalue weighted by Gasteiger charge is -2.22. The number of carbonyl (C=O) groups excluding carboxylic acids is 2. The molecule has 0 bridgehead atoms. The second-order valence-corrected chi connectivity index (χ2v) is 8.76. The lowest BCUT2D eigenvalue weighted by Crippen LogP contribution is -2.35. The van der Waals surface area contributed by atoms with Crippen LogP contribution in [0.1, 0.15) is 35.5 Å². The van der Waals surface area contributed by atoms with Gasteiger partial charge in [0.2, 0.25) is 11.6 Å². The Kier molecular flexibility index (Phi) is 6.45. The van der Waals surface area contributed by atoms with Crippen molar-refractivity contribution >= 4 is 40.5 Å². The fraction of sp³-hybridized carbons (Fsp3) is 0.364. The zero-order valence-corrected chi connectivity index (χ0v) is 18.8. The molecule has 1 atom stereocenters. The first-order valence-corrected chi connectivity index (χ1v) is 10.6. The summed E-state index contributed by atoms with van der Waals surface area (Å²) in [5.41, 5.74) is 1.79. The Balaban J connectivity index is 2.03. The van der Waals surface area contributed by atoms with Crippen LogP contribution in [0.4, 0.5) is 5.82 Å². The van der Waals surface area contributed by atoms with Crippen molar-refractivity contribution in [2.75, 3.05) is 19.4 Å². The van der Waals surface area contributed by atoms with Crippen LogP contribution in [-0.4, -0.2) is 46.0 Å². The highest BCUT2D eigenvalue weighted by molar-refractivity contribution is 8.00. The van der Waals surface area contributed by atoms with E-state index in [4.69, 9.17) is 4.42 Å². The number of furan rings is 1. The maximum Gasteiger partial charge on any atom is 0.256 e. The largest absolute Gasteiger partial charge is 0.443 e. The van der Waals surface area contributed by atoms with Crippen LogP contribution in [-0.2, 0) is 4.79 Å². The lowest BCUT2D eigenvalue weighted by molar-refractivity contribution is -0.128. The number of nitrogens with one attached hydrogen (secondary N) is 1. The van der Waals surface area contributed by atoms with Gasteiger partial charge in [0.1, 0.15) is 11.6 Å². The molecule has 0 spiro atoms. The van der Waals surface area contributed by atoms with Gasteiger partial charge in [-0.15, -0.1) is 0 Å². The van der Waals surface area contributed by atoms with Gasteiger partial charge in [0, 0.05) is 25.2 Å². The molecular formula is C22H26N4O3S. The van der Waals surface area contributed by atoms with Gasteiger partial charge in [-0.05, 0) is 31.9 Å². The first-order chi connectivity index (χ1) is 14.2. The highest BCUT2D eigenvalue weighted by Gasteiger charge is 2.27. The average Bonchev–Trinajstić information content (AvgIpc) is 2.99. The van der Waals surface area contributed by atoms with E-state index in [1.165, 1.54) is 11.8 Å². The average molecular weight is 427 g/mol. The smallest absolute Gasteiger partial charge is 0.256 e. The highest BCUT2D eigenvalue weighted by atomic mass is 32.2. The van der Waals surface area contributed by atoms with Crippen LogP contribution in [0.2, 0.25) is 0 Å². The van der Waals surface area contributed by atoms with Crippen LogP contribution in [0.15, 0.2) is 39.9 Å². The summed E-state index contributed by atoms with van der Waals surface area (Å²) < 4.78 is 5.81. The van der Waals surface area contributed by atoms with E-state index in [0.717, 1.165) is 5.56 Å². The quantitative estimate of drug-likeness (QED) is 0.467. The maximum atomic E-state index is 12.7. The molecule has 30 heavy (non-hydrogen) atoms. The first-order valence-electron chi connectivity index (χ1n) is 9.71. The minimum atomic E-state index is -0.354. The SMILES string of the molecule is Cc1oc2nc(SC(C(=O)N(C)C)C(C)C)nc(NC(=O)c3ccccc3)c2c1C. The minimum Gasteiger partial charge on any atom is -0.443 e. The van der Waals surface area contributed by atoms with Gasteiger partial charge in [0.25, 0.3) is 5.91 Å². The summed E-state index contributed by atoms with van der Waals surface area (Å²) in [6.07, 6.45) is 0. The van der Waals surface area contributed by atoms with Crippen LogP contribution in [0.3, 0.4) is 0 Å². The summed E-state index contributed by atoms with van der Waals surface area (Å²) in [6.45, 7) is 7.72. The van der Waals surface area contributed by atoms with Gasteiger partial charge in [-0.25, -0.2) is 4.98 Å². The molecular weight excluding hydrogens is 400 g/mol. The number of rotatable bonds is 6. The summed E-state index contributed by atoms with van der Waals surface area (Å²) in [7, 11) is 3.46. The molecule has 0 aliphatic carbocycles. The van der Waals surface area contributed by atoms with Crippen molar-refractivity contribution < 1.29 is 14.0 Å². The number of aryl methyl sites for hydroxylation is 2. The summed E-state index contributed by atoms with van der Waals surface area (Å²) in [5, 5.41) is 3.59. The monoisotopic (exact) mass is 426 g/mol. The molecule has 2 amide bonds. The molecule has 1 aromatic carbocycles. The highest BCUT2D eigenvalue weighted by Crippen LogP contribution is 2.34. The zero-order chi connectivity index (χ0) is 22.0. The van der Waals surface area contributed by atoms with Crippen molar-refractivity contribution in [1.29, 1.82) is 0 Å². The molecule has 3 rings (SSSR count). The summed E-state index contributed by atoms with van der Waals surface area (Å²) in [4.78, 5) is 36.0. The van der Waals surface area contributed by atoms with E-state index in [0.29, 0.717) is 33.4 Å². The van der Waals surface area contributed by atoms with E-state index >= 15 is 0 Å². The molecule has 158 valence electrons. The molecule has 0 aliphatic rings. The van der Waals surface area contributed by atoms with Gasteiger partial charge < -0.3 is 14.6 Å². The Labute approximate surface area is 180 Å². The molecule has 1 unspecified atom stereocenters. The Morgan fingerprint density at radius 2 is 1.77 bits per heavy atom. The second-order valence-electron chi connectivity index (χ2n) is 7.65. The van der Waals surface area contributed by atoms with Gasteiger partial charge in [0.05, 0.1) is 10.6 Å². The number of nitrogens with zero attached hydrogens (tertiary/aromatic N) is 3. The van der Waals surface area contributed by atoms with Crippen LogP contribution in [0.5, 0.6) is 0 Å². The Morgan fingerprint density at radius 1 is 1.10 bits per heavy atom. The number of thioether (sulfide) groups is 1. The fourth-order valence-electron chi connectivity index (χ4n) is 2.98. The summed E-state index contributed by atoms with van der Waals surface area (Å²) in [5.74, 6) is 0.883. The van der Waals surface area contributed by atoms with E-state index in [-0.39, 0.29) is 23.0 Å². The van der Waals surface area contributed by atoms with E-state index in [1.54, 1.807) is 43.3 Å². The number of anilines is 1. The molecule has 3 aromatic rings. The number of benzene rings is 1. The van der Waals surface area contributed by atoms with E-state index in [9.17, 15) is 9.59 Å². The number of hydrogen-bond donors (Lipinski definition) is 1. The normalized spacial score (nSPS) is 12.2. The van der Waals surface area contributed by atoms with E-state index < -0.39 is 0 Å². The third kappa shape index (κ3) is 4.48. The molecule has 1 N–H and O–H groups in total. The molecule has 7 nitrogen and oxygen atoms in total. The molecule has 0 aliphatic heterocycles. The standard InChI is InChI=1S/C22H26N4O3S/c1-12(2)17(21(28)26(5)6)30-22-24-18(16-13(3)14(4)29-20(16)25-22)23-19(27)15-10-8-7-9-11-15/h7-12,17H,1-6H3,(H,23,24,25,27). The molecule has 2 heterocycles. The van der Waals surface area contributed by atoms with Crippen molar-refractivity contribution in [1.82, 2.24) is 14.9 Å². The summed E-state index contributed by atoms with van der Waals surface area (Å²) in [6, 6.07) is 8.94. The molecule has 0 saturated heterocycles. The predicted octanol–water partition coefficient (Wildman–Crippen LogP) is 4.30. The Morgan fingerprint density at radius 3 is 2.37 bits per heavy atom.